The summed E-state index contributed by atoms with van der Waals surface area (Å²) >= 11 is 0. The van der Waals surface area contributed by atoms with Crippen molar-refractivity contribution >= 4 is 5.96 Å². The lowest BCUT2D eigenvalue weighted by atomic mass is 9.86. The smallest absolute Gasteiger partial charge is 0.193 e. The second-order valence-electron chi connectivity index (χ2n) is 8.48. The molecule has 1 aliphatic carbocycles. The van der Waals surface area contributed by atoms with Gasteiger partial charge < -0.3 is 15.0 Å². The average molecular weight is 351 g/mol. The maximum Gasteiger partial charge on any atom is 0.193 e. The second-order valence-corrected chi connectivity index (χ2v) is 8.48. The van der Waals surface area contributed by atoms with Crippen LogP contribution in [-0.2, 0) is 4.74 Å². The minimum atomic E-state index is 0.358. The van der Waals surface area contributed by atoms with E-state index in [1.807, 2.05) is 0 Å². The van der Waals surface area contributed by atoms with Crippen molar-refractivity contribution in [2.75, 3.05) is 45.8 Å². The van der Waals surface area contributed by atoms with Gasteiger partial charge in [0.15, 0.2) is 5.96 Å². The van der Waals surface area contributed by atoms with Crippen LogP contribution >= 0.6 is 0 Å². The highest BCUT2D eigenvalue weighted by Crippen LogP contribution is 2.45. The van der Waals surface area contributed by atoms with Gasteiger partial charge in [-0.2, -0.15) is 0 Å². The van der Waals surface area contributed by atoms with Gasteiger partial charge in [-0.25, -0.2) is 0 Å². The highest BCUT2D eigenvalue weighted by atomic mass is 16.5. The number of likely N-dealkylation sites (tertiary alicyclic amines) is 1. The Kier molecular flexibility index (Phi) is 6.61. The van der Waals surface area contributed by atoms with E-state index >= 15 is 0 Å². The molecule has 5 nitrogen and oxygen atoms in total. The molecule has 1 saturated carbocycles. The van der Waals surface area contributed by atoms with E-state index in [0.717, 1.165) is 45.1 Å². The Morgan fingerprint density at radius 3 is 2.56 bits per heavy atom. The third-order valence-corrected chi connectivity index (χ3v) is 6.13. The van der Waals surface area contributed by atoms with Gasteiger partial charge in [-0.15, -0.1) is 0 Å². The van der Waals surface area contributed by atoms with E-state index in [2.05, 4.69) is 35.9 Å². The lowest BCUT2D eigenvalue weighted by molar-refractivity contribution is -0.0679. The van der Waals surface area contributed by atoms with E-state index < -0.39 is 0 Å². The largest absolute Gasteiger partial charge is 0.373 e. The van der Waals surface area contributed by atoms with Crippen molar-refractivity contribution in [1.29, 1.82) is 0 Å². The minimum absolute atomic E-state index is 0.358. The molecule has 0 radical (unpaired) electrons. The summed E-state index contributed by atoms with van der Waals surface area (Å²) in [6, 6.07) is 0. The summed E-state index contributed by atoms with van der Waals surface area (Å²) in [5, 5.41) is 3.53. The molecule has 1 spiro atoms. The van der Waals surface area contributed by atoms with Crippen LogP contribution in [0.4, 0.5) is 0 Å². The zero-order chi connectivity index (χ0) is 17.7. The summed E-state index contributed by atoms with van der Waals surface area (Å²) in [6.45, 7) is 14.1. The van der Waals surface area contributed by atoms with Crippen molar-refractivity contribution in [3.05, 3.63) is 0 Å². The molecule has 0 amide bonds. The molecule has 144 valence electrons. The predicted molar refractivity (Wildman–Crippen MR) is 104 cm³/mol. The highest BCUT2D eigenvalue weighted by Gasteiger charge is 2.41. The normalized spacial score (nSPS) is 30.4. The van der Waals surface area contributed by atoms with Crippen LogP contribution in [0.1, 0.15) is 59.3 Å². The van der Waals surface area contributed by atoms with Crippen LogP contribution < -0.4 is 5.32 Å². The fraction of sp³-hybridized carbons (Fsp3) is 0.950. The Labute approximate surface area is 154 Å². The number of rotatable bonds is 5. The van der Waals surface area contributed by atoms with Crippen LogP contribution in [0.5, 0.6) is 0 Å². The van der Waals surface area contributed by atoms with Crippen molar-refractivity contribution in [2.45, 2.75) is 71.5 Å². The summed E-state index contributed by atoms with van der Waals surface area (Å²) < 4.78 is 5.82. The van der Waals surface area contributed by atoms with Gasteiger partial charge in [0.2, 0.25) is 0 Å². The maximum absolute atomic E-state index is 5.82. The monoisotopic (exact) mass is 350 g/mol. The first kappa shape index (κ1) is 19.0. The fourth-order valence-electron chi connectivity index (χ4n) is 5.02. The first-order valence-electron chi connectivity index (χ1n) is 10.5. The van der Waals surface area contributed by atoms with Gasteiger partial charge in [0.1, 0.15) is 0 Å². The number of nitrogens with one attached hydrogen (secondary N) is 1. The van der Waals surface area contributed by atoms with Gasteiger partial charge in [0.25, 0.3) is 0 Å². The molecule has 0 aromatic carbocycles. The van der Waals surface area contributed by atoms with E-state index in [4.69, 9.17) is 9.73 Å². The topological polar surface area (TPSA) is 40.1 Å². The molecule has 2 heterocycles. The Morgan fingerprint density at radius 2 is 1.88 bits per heavy atom. The SMILES string of the molecule is CCNC(=NCCCN1CC(C)OC(C)C1)N1CCC2(CCCC2)C1. The van der Waals surface area contributed by atoms with Crippen molar-refractivity contribution in [2.24, 2.45) is 10.4 Å². The summed E-state index contributed by atoms with van der Waals surface area (Å²) in [6.07, 6.45) is 8.92. The van der Waals surface area contributed by atoms with Gasteiger partial charge in [-0.05, 0) is 51.9 Å². The molecule has 3 aliphatic rings. The zero-order valence-corrected chi connectivity index (χ0v) is 16.6. The number of guanidine groups is 1. The molecule has 3 rings (SSSR count). The van der Waals surface area contributed by atoms with Crippen LogP contribution in [0, 0.1) is 5.41 Å². The highest BCUT2D eigenvalue weighted by molar-refractivity contribution is 5.80. The first-order valence-corrected chi connectivity index (χ1v) is 10.5. The summed E-state index contributed by atoms with van der Waals surface area (Å²) in [4.78, 5) is 10.00. The number of morpholine rings is 1. The third-order valence-electron chi connectivity index (χ3n) is 6.13. The van der Waals surface area contributed by atoms with E-state index in [1.165, 1.54) is 45.2 Å². The van der Waals surface area contributed by atoms with Crippen LogP contribution in [0.2, 0.25) is 0 Å². The summed E-state index contributed by atoms with van der Waals surface area (Å²) in [7, 11) is 0. The van der Waals surface area contributed by atoms with Crippen molar-refractivity contribution in [3.8, 4) is 0 Å². The average Bonchev–Trinajstić information content (AvgIpc) is 3.20. The Morgan fingerprint density at radius 1 is 1.16 bits per heavy atom. The molecule has 0 bridgehead atoms. The molecule has 2 atom stereocenters. The molecular formula is C20H38N4O. The number of ether oxygens (including phenoxy) is 1. The van der Waals surface area contributed by atoms with E-state index in [0.29, 0.717) is 17.6 Å². The van der Waals surface area contributed by atoms with Gasteiger partial charge >= 0.3 is 0 Å². The Balaban J connectivity index is 1.46. The van der Waals surface area contributed by atoms with Crippen molar-refractivity contribution in [1.82, 2.24) is 15.1 Å². The molecule has 2 saturated heterocycles. The van der Waals surface area contributed by atoms with E-state index in [9.17, 15) is 0 Å². The number of aliphatic imine (C=N–C) groups is 1. The molecule has 5 heteroatoms. The van der Waals surface area contributed by atoms with Gasteiger partial charge in [0, 0.05) is 45.8 Å². The Hall–Kier alpha value is -0.810. The maximum atomic E-state index is 5.82. The van der Waals surface area contributed by atoms with Gasteiger partial charge in [-0.3, -0.25) is 9.89 Å². The van der Waals surface area contributed by atoms with E-state index in [-0.39, 0.29) is 0 Å². The molecule has 0 aromatic heterocycles. The van der Waals surface area contributed by atoms with Crippen molar-refractivity contribution < 1.29 is 4.74 Å². The molecule has 0 aromatic rings. The second kappa shape index (κ2) is 8.72. The molecule has 25 heavy (non-hydrogen) atoms. The Bertz CT molecular complexity index is 437. The molecule has 1 N–H and O–H groups in total. The first-order chi connectivity index (χ1) is 12.1. The van der Waals surface area contributed by atoms with E-state index in [1.54, 1.807) is 0 Å². The molecular weight excluding hydrogens is 312 g/mol. The lowest BCUT2D eigenvalue weighted by Gasteiger charge is -2.35. The summed E-state index contributed by atoms with van der Waals surface area (Å²) in [5.41, 5.74) is 0.607. The third kappa shape index (κ3) is 5.10. The molecule has 2 aliphatic heterocycles. The molecule has 2 unspecified atom stereocenters. The predicted octanol–water partition coefficient (Wildman–Crippen LogP) is 2.72. The van der Waals surface area contributed by atoms with Crippen molar-refractivity contribution in [3.63, 3.8) is 0 Å². The minimum Gasteiger partial charge on any atom is -0.373 e. The number of nitrogens with zero attached hydrogens (tertiary/aromatic N) is 3. The standard InChI is InChI=1S/C20H38N4O/c1-4-21-19(24-13-10-20(16-24)8-5-6-9-20)22-11-7-12-23-14-17(2)25-18(3)15-23/h17-18H,4-16H2,1-3H3,(H,21,22). The molecule has 3 fully saturated rings. The van der Waals surface area contributed by atoms with Crippen LogP contribution in [0.25, 0.3) is 0 Å². The van der Waals surface area contributed by atoms with Gasteiger partial charge in [0.05, 0.1) is 12.2 Å². The van der Waals surface area contributed by atoms with Crippen LogP contribution in [-0.4, -0.2) is 73.8 Å². The van der Waals surface area contributed by atoms with Gasteiger partial charge in [-0.1, -0.05) is 12.8 Å². The zero-order valence-electron chi connectivity index (χ0n) is 16.6. The fourth-order valence-corrected chi connectivity index (χ4v) is 5.02. The van der Waals surface area contributed by atoms with Crippen LogP contribution in [0.15, 0.2) is 4.99 Å². The lowest BCUT2D eigenvalue weighted by Crippen LogP contribution is -2.45. The quantitative estimate of drug-likeness (QED) is 0.470. The number of hydrogen-bond donors (Lipinski definition) is 1. The summed E-state index contributed by atoms with van der Waals surface area (Å²) in [5.74, 6) is 1.15. The number of hydrogen-bond acceptors (Lipinski definition) is 3. The van der Waals surface area contributed by atoms with Crippen LogP contribution in [0.3, 0.4) is 0 Å².